The summed E-state index contributed by atoms with van der Waals surface area (Å²) in [6.07, 6.45) is 1.75. The Balaban J connectivity index is 2.26. The fourth-order valence-corrected chi connectivity index (χ4v) is 1.47. The zero-order valence-corrected chi connectivity index (χ0v) is 9.73. The van der Waals surface area contributed by atoms with E-state index in [0.717, 1.165) is 16.8 Å². The van der Waals surface area contributed by atoms with Crippen LogP contribution < -0.4 is 5.32 Å². The molecule has 0 radical (unpaired) electrons. The Morgan fingerprint density at radius 3 is 2.88 bits per heavy atom. The molecule has 88 valence electrons. The number of nitrogens with zero attached hydrogens (tertiary/aromatic N) is 2. The van der Waals surface area contributed by atoms with E-state index in [2.05, 4.69) is 15.5 Å². The Hall–Kier alpha value is -2.17. The van der Waals surface area contributed by atoms with Gasteiger partial charge in [-0.2, -0.15) is 0 Å². The van der Waals surface area contributed by atoms with E-state index in [1.165, 1.54) is 6.39 Å². The van der Waals surface area contributed by atoms with Gasteiger partial charge in [0.2, 0.25) is 18.2 Å². The lowest BCUT2D eigenvalue weighted by molar-refractivity contribution is -0.115. The van der Waals surface area contributed by atoms with E-state index in [0.29, 0.717) is 12.3 Å². The number of anilines is 1. The van der Waals surface area contributed by atoms with E-state index in [1.54, 1.807) is 0 Å². The van der Waals surface area contributed by atoms with Gasteiger partial charge in [0.1, 0.15) is 0 Å². The smallest absolute Gasteiger partial charge is 0.247 e. The van der Waals surface area contributed by atoms with E-state index in [-0.39, 0.29) is 5.91 Å². The first-order chi connectivity index (χ1) is 8.20. The molecule has 5 nitrogen and oxygen atoms in total. The molecular formula is C12H13N3O2. The molecule has 2 rings (SSSR count). The monoisotopic (exact) mass is 231 g/mol. The molecule has 0 unspecified atom stereocenters. The van der Waals surface area contributed by atoms with Crippen LogP contribution in [0.4, 0.5) is 5.69 Å². The van der Waals surface area contributed by atoms with Crippen molar-refractivity contribution in [1.29, 1.82) is 0 Å². The fourth-order valence-electron chi connectivity index (χ4n) is 1.47. The van der Waals surface area contributed by atoms with Crippen LogP contribution in [-0.4, -0.2) is 16.1 Å². The molecule has 0 bridgehead atoms. The van der Waals surface area contributed by atoms with E-state index in [4.69, 9.17) is 4.42 Å². The van der Waals surface area contributed by atoms with Gasteiger partial charge in [0, 0.05) is 17.7 Å². The van der Waals surface area contributed by atoms with Crippen LogP contribution in [0.2, 0.25) is 0 Å². The number of aromatic nitrogens is 2. The number of carbonyl (C=O) groups excluding carboxylic acids is 1. The summed E-state index contributed by atoms with van der Waals surface area (Å²) in [6.45, 7) is 3.74. The van der Waals surface area contributed by atoms with Crippen LogP contribution in [0.25, 0.3) is 11.5 Å². The molecule has 1 aromatic heterocycles. The van der Waals surface area contributed by atoms with Crippen molar-refractivity contribution in [3.05, 3.63) is 30.2 Å². The number of rotatable bonds is 3. The van der Waals surface area contributed by atoms with Crippen LogP contribution in [0.15, 0.2) is 29.0 Å². The second-order valence-electron chi connectivity index (χ2n) is 3.68. The standard InChI is InChI=1S/C12H13N3O2/c1-3-11(16)14-10-5-4-9(6-8(10)2)12-15-13-7-17-12/h4-7H,3H2,1-2H3,(H,14,16). The molecule has 1 heterocycles. The number of hydrogen-bond donors (Lipinski definition) is 1. The lowest BCUT2D eigenvalue weighted by Crippen LogP contribution is -2.10. The minimum absolute atomic E-state index is 0.00126. The number of nitrogens with one attached hydrogen (secondary N) is 1. The quantitative estimate of drug-likeness (QED) is 0.880. The minimum Gasteiger partial charge on any atom is -0.423 e. The summed E-state index contributed by atoms with van der Waals surface area (Å²) in [7, 11) is 0. The molecule has 17 heavy (non-hydrogen) atoms. The zero-order chi connectivity index (χ0) is 12.3. The van der Waals surface area contributed by atoms with E-state index in [9.17, 15) is 4.79 Å². The third kappa shape index (κ3) is 2.50. The lowest BCUT2D eigenvalue weighted by Gasteiger charge is -2.07. The van der Waals surface area contributed by atoms with Gasteiger partial charge < -0.3 is 9.73 Å². The van der Waals surface area contributed by atoms with Crippen molar-refractivity contribution in [2.24, 2.45) is 0 Å². The van der Waals surface area contributed by atoms with Crippen molar-refractivity contribution in [2.75, 3.05) is 5.32 Å². The molecule has 1 amide bonds. The van der Waals surface area contributed by atoms with Gasteiger partial charge in [0.15, 0.2) is 0 Å². The SMILES string of the molecule is CCC(=O)Nc1ccc(-c2nnco2)cc1C. The summed E-state index contributed by atoms with van der Waals surface area (Å²) in [5, 5.41) is 10.3. The van der Waals surface area contributed by atoms with Crippen molar-refractivity contribution in [3.63, 3.8) is 0 Å². The number of benzene rings is 1. The third-order valence-corrected chi connectivity index (χ3v) is 2.43. The number of amides is 1. The fraction of sp³-hybridized carbons (Fsp3) is 0.250. The van der Waals surface area contributed by atoms with E-state index < -0.39 is 0 Å². The molecule has 0 aliphatic heterocycles. The van der Waals surface area contributed by atoms with Crippen LogP contribution in [0.1, 0.15) is 18.9 Å². The maximum Gasteiger partial charge on any atom is 0.247 e. The first-order valence-electron chi connectivity index (χ1n) is 5.37. The normalized spacial score (nSPS) is 10.2. The molecule has 0 aliphatic carbocycles. The summed E-state index contributed by atoms with van der Waals surface area (Å²) >= 11 is 0. The van der Waals surface area contributed by atoms with Gasteiger partial charge in [-0.15, -0.1) is 10.2 Å². The topological polar surface area (TPSA) is 68.0 Å². The third-order valence-electron chi connectivity index (χ3n) is 2.43. The Labute approximate surface area is 98.9 Å². The van der Waals surface area contributed by atoms with Crippen molar-refractivity contribution < 1.29 is 9.21 Å². The lowest BCUT2D eigenvalue weighted by atomic mass is 10.1. The van der Waals surface area contributed by atoms with Crippen LogP contribution in [0.3, 0.4) is 0 Å². The van der Waals surface area contributed by atoms with Gasteiger partial charge in [0.05, 0.1) is 0 Å². The Morgan fingerprint density at radius 2 is 2.29 bits per heavy atom. The molecule has 1 aromatic carbocycles. The van der Waals surface area contributed by atoms with Crippen LogP contribution in [0.5, 0.6) is 0 Å². The molecule has 0 spiro atoms. The molecule has 5 heteroatoms. The highest BCUT2D eigenvalue weighted by Gasteiger charge is 2.07. The highest BCUT2D eigenvalue weighted by Crippen LogP contribution is 2.23. The molecule has 0 saturated heterocycles. The van der Waals surface area contributed by atoms with Gasteiger partial charge >= 0.3 is 0 Å². The van der Waals surface area contributed by atoms with Gasteiger partial charge in [-0.3, -0.25) is 4.79 Å². The van der Waals surface area contributed by atoms with Gasteiger partial charge in [0.25, 0.3) is 0 Å². The molecule has 1 N–H and O–H groups in total. The first kappa shape index (κ1) is 11.3. The average Bonchev–Trinajstić information content (AvgIpc) is 2.85. The summed E-state index contributed by atoms with van der Waals surface area (Å²) < 4.78 is 5.11. The van der Waals surface area contributed by atoms with E-state index >= 15 is 0 Å². The van der Waals surface area contributed by atoms with Gasteiger partial charge in [-0.1, -0.05) is 6.92 Å². The number of hydrogen-bond acceptors (Lipinski definition) is 4. The van der Waals surface area contributed by atoms with E-state index in [1.807, 2.05) is 32.0 Å². The van der Waals surface area contributed by atoms with Crippen molar-refractivity contribution in [3.8, 4) is 11.5 Å². The van der Waals surface area contributed by atoms with Gasteiger partial charge in [-0.25, -0.2) is 0 Å². The van der Waals surface area contributed by atoms with Crippen LogP contribution in [0, 0.1) is 6.92 Å². The van der Waals surface area contributed by atoms with Gasteiger partial charge in [-0.05, 0) is 30.7 Å². The highest BCUT2D eigenvalue weighted by molar-refractivity contribution is 5.91. The first-order valence-corrected chi connectivity index (χ1v) is 5.37. The largest absolute Gasteiger partial charge is 0.423 e. The number of carbonyl (C=O) groups is 1. The zero-order valence-electron chi connectivity index (χ0n) is 9.73. The maximum absolute atomic E-state index is 11.3. The van der Waals surface area contributed by atoms with Crippen molar-refractivity contribution in [2.45, 2.75) is 20.3 Å². The molecule has 0 atom stereocenters. The Kier molecular flexibility index (Phi) is 3.18. The summed E-state index contributed by atoms with van der Waals surface area (Å²) in [6, 6.07) is 5.58. The summed E-state index contributed by atoms with van der Waals surface area (Å²) in [4.78, 5) is 11.3. The molecule has 0 fully saturated rings. The maximum atomic E-state index is 11.3. The Morgan fingerprint density at radius 1 is 1.47 bits per heavy atom. The molecule has 2 aromatic rings. The van der Waals surface area contributed by atoms with Crippen molar-refractivity contribution in [1.82, 2.24) is 10.2 Å². The van der Waals surface area contributed by atoms with Crippen molar-refractivity contribution >= 4 is 11.6 Å². The predicted octanol–water partition coefficient (Wildman–Crippen LogP) is 2.39. The average molecular weight is 231 g/mol. The van der Waals surface area contributed by atoms with Crippen LogP contribution in [-0.2, 0) is 4.79 Å². The second-order valence-corrected chi connectivity index (χ2v) is 3.68. The molecule has 0 saturated carbocycles. The number of aryl methyl sites for hydroxylation is 1. The Bertz CT molecular complexity index is 521. The molecular weight excluding hydrogens is 218 g/mol. The summed E-state index contributed by atoms with van der Waals surface area (Å²) in [5.41, 5.74) is 2.61. The van der Waals surface area contributed by atoms with Crippen LogP contribution >= 0.6 is 0 Å². The second kappa shape index (κ2) is 4.78. The predicted molar refractivity (Wildman–Crippen MR) is 63.4 cm³/mol. The highest BCUT2D eigenvalue weighted by atomic mass is 16.4. The molecule has 0 aliphatic rings. The minimum atomic E-state index is -0.00126. The summed E-state index contributed by atoms with van der Waals surface area (Å²) in [5.74, 6) is 0.472.